The summed E-state index contributed by atoms with van der Waals surface area (Å²) in [7, 11) is -0.448. The van der Waals surface area contributed by atoms with Crippen molar-refractivity contribution >= 4 is 15.8 Å². The molecular weight excluding hydrogens is 290 g/mol. The van der Waals surface area contributed by atoms with Gasteiger partial charge in [-0.2, -0.15) is 0 Å². The molecule has 0 aromatic carbocycles. The number of anilines is 1. The quantitative estimate of drug-likeness (QED) is 0.856. The van der Waals surface area contributed by atoms with Crippen LogP contribution in [0.5, 0.6) is 0 Å². The predicted molar refractivity (Wildman–Crippen MR) is 81.6 cm³/mol. The van der Waals surface area contributed by atoms with Crippen molar-refractivity contribution in [1.82, 2.24) is 9.29 Å². The number of hydrogen-bond acceptors (Lipinski definition) is 5. The first-order chi connectivity index (χ1) is 9.95. The molecule has 21 heavy (non-hydrogen) atoms. The Kier molecular flexibility index (Phi) is 5.18. The van der Waals surface area contributed by atoms with E-state index in [1.54, 1.807) is 12.1 Å². The van der Waals surface area contributed by atoms with Gasteiger partial charge in [0.2, 0.25) is 10.0 Å². The zero-order valence-electron chi connectivity index (χ0n) is 12.5. The maximum absolute atomic E-state index is 12.0. The third-order valence-electron chi connectivity index (χ3n) is 3.99. The number of sulfonamides is 1. The number of nitrogens with one attached hydrogen (secondary N) is 1. The first-order valence-electron chi connectivity index (χ1n) is 7.21. The van der Waals surface area contributed by atoms with Gasteiger partial charge in [0, 0.05) is 38.9 Å². The van der Waals surface area contributed by atoms with Gasteiger partial charge in [0.15, 0.2) is 0 Å². The fraction of sp³-hybridized carbons (Fsp3) is 0.643. The largest absolute Gasteiger partial charge is 0.396 e. The Morgan fingerprint density at radius 3 is 2.62 bits per heavy atom. The van der Waals surface area contributed by atoms with Crippen molar-refractivity contribution in [3.63, 3.8) is 0 Å². The average molecular weight is 313 g/mol. The Morgan fingerprint density at radius 1 is 1.33 bits per heavy atom. The van der Waals surface area contributed by atoms with Gasteiger partial charge in [-0.3, -0.25) is 0 Å². The minimum Gasteiger partial charge on any atom is -0.396 e. The summed E-state index contributed by atoms with van der Waals surface area (Å²) in [5, 5.41) is 12.7. The summed E-state index contributed by atoms with van der Waals surface area (Å²) in [6.45, 7) is 0.171. The lowest BCUT2D eigenvalue weighted by molar-refractivity contribution is 0.178. The summed E-state index contributed by atoms with van der Waals surface area (Å²) < 4.78 is 25.1. The van der Waals surface area contributed by atoms with Crippen molar-refractivity contribution in [3.05, 3.63) is 18.3 Å². The van der Waals surface area contributed by atoms with Gasteiger partial charge in [-0.05, 0) is 25.0 Å². The van der Waals surface area contributed by atoms with Crippen LogP contribution in [0.25, 0.3) is 0 Å². The van der Waals surface area contributed by atoms with E-state index in [4.69, 9.17) is 0 Å². The van der Waals surface area contributed by atoms with Gasteiger partial charge in [-0.1, -0.05) is 12.8 Å². The van der Waals surface area contributed by atoms with Crippen LogP contribution >= 0.6 is 0 Å². The Labute approximate surface area is 126 Å². The first kappa shape index (κ1) is 16.2. The fourth-order valence-corrected chi connectivity index (χ4v) is 3.48. The molecule has 2 rings (SSSR count). The molecule has 1 heterocycles. The molecule has 0 saturated heterocycles. The molecule has 0 amide bonds. The van der Waals surface area contributed by atoms with E-state index in [1.807, 2.05) is 0 Å². The molecule has 6 nitrogen and oxygen atoms in total. The highest BCUT2D eigenvalue weighted by Gasteiger charge is 2.25. The summed E-state index contributed by atoms with van der Waals surface area (Å²) in [5.74, 6) is 0.892. The van der Waals surface area contributed by atoms with E-state index in [0.717, 1.165) is 25.7 Å². The third-order valence-corrected chi connectivity index (χ3v) is 5.79. The summed E-state index contributed by atoms with van der Waals surface area (Å²) in [4.78, 5) is 4.37. The van der Waals surface area contributed by atoms with Crippen molar-refractivity contribution in [2.45, 2.75) is 36.6 Å². The average Bonchev–Trinajstić information content (AvgIpc) is 2.48. The smallest absolute Gasteiger partial charge is 0.244 e. The van der Waals surface area contributed by atoms with Gasteiger partial charge in [-0.15, -0.1) is 0 Å². The topological polar surface area (TPSA) is 82.5 Å². The molecule has 1 aromatic heterocycles. The second kappa shape index (κ2) is 6.72. The number of rotatable bonds is 5. The molecule has 0 aliphatic heterocycles. The molecule has 1 aliphatic rings. The number of aliphatic hydroxyl groups is 1. The van der Waals surface area contributed by atoms with Gasteiger partial charge in [0.05, 0.1) is 0 Å². The summed E-state index contributed by atoms with van der Waals surface area (Å²) in [6.07, 6.45) is 5.68. The minimum absolute atomic E-state index is 0.171. The van der Waals surface area contributed by atoms with E-state index in [2.05, 4.69) is 10.3 Å². The Morgan fingerprint density at radius 2 is 2.05 bits per heavy atom. The molecule has 0 spiro atoms. The Balaban J connectivity index is 2.09. The molecule has 2 atom stereocenters. The fourth-order valence-electron chi connectivity index (χ4n) is 2.64. The lowest BCUT2D eigenvalue weighted by Crippen LogP contribution is -2.34. The number of aliphatic hydroxyl groups excluding tert-OH is 1. The molecule has 2 N–H and O–H groups in total. The normalized spacial score (nSPS) is 23.2. The monoisotopic (exact) mass is 313 g/mol. The van der Waals surface area contributed by atoms with Gasteiger partial charge < -0.3 is 10.4 Å². The van der Waals surface area contributed by atoms with Gasteiger partial charge in [-0.25, -0.2) is 17.7 Å². The lowest BCUT2D eigenvalue weighted by Gasteiger charge is -2.31. The van der Waals surface area contributed by atoms with E-state index < -0.39 is 10.0 Å². The first-order valence-corrected chi connectivity index (χ1v) is 8.65. The Bertz CT molecular complexity index is 557. The minimum atomic E-state index is -3.44. The number of nitrogens with zero attached hydrogens (tertiary/aromatic N) is 2. The predicted octanol–water partition coefficient (Wildman–Crippen LogP) is 1.29. The second-order valence-electron chi connectivity index (χ2n) is 5.64. The van der Waals surface area contributed by atoms with Crippen LogP contribution in [-0.4, -0.2) is 49.6 Å². The van der Waals surface area contributed by atoms with Crippen LogP contribution < -0.4 is 5.32 Å². The highest BCUT2D eigenvalue weighted by molar-refractivity contribution is 7.89. The zero-order chi connectivity index (χ0) is 15.5. The molecule has 2 unspecified atom stereocenters. The zero-order valence-corrected chi connectivity index (χ0v) is 13.3. The third kappa shape index (κ3) is 3.72. The highest BCUT2D eigenvalue weighted by Crippen LogP contribution is 2.26. The van der Waals surface area contributed by atoms with E-state index in [0.29, 0.717) is 5.82 Å². The van der Waals surface area contributed by atoms with Gasteiger partial charge in [0.25, 0.3) is 0 Å². The SMILES string of the molecule is CN(C)S(=O)(=O)c1ccc(NC2CCCCC2CO)nc1. The summed E-state index contributed by atoms with van der Waals surface area (Å²) in [6, 6.07) is 3.44. The van der Waals surface area contributed by atoms with Crippen LogP contribution in [0.3, 0.4) is 0 Å². The van der Waals surface area contributed by atoms with E-state index in [-0.39, 0.29) is 23.5 Å². The van der Waals surface area contributed by atoms with E-state index in [9.17, 15) is 13.5 Å². The maximum atomic E-state index is 12.0. The number of hydrogen-bond donors (Lipinski definition) is 2. The summed E-state index contributed by atoms with van der Waals surface area (Å²) in [5.41, 5.74) is 0. The highest BCUT2D eigenvalue weighted by atomic mass is 32.2. The van der Waals surface area contributed by atoms with Crippen LogP contribution in [-0.2, 0) is 10.0 Å². The van der Waals surface area contributed by atoms with Crippen molar-refractivity contribution in [1.29, 1.82) is 0 Å². The van der Waals surface area contributed by atoms with Crippen molar-refractivity contribution in [2.75, 3.05) is 26.0 Å². The number of aromatic nitrogens is 1. The van der Waals surface area contributed by atoms with Gasteiger partial charge >= 0.3 is 0 Å². The van der Waals surface area contributed by atoms with Crippen molar-refractivity contribution in [2.24, 2.45) is 5.92 Å². The van der Waals surface area contributed by atoms with Crippen LogP contribution in [0.2, 0.25) is 0 Å². The van der Waals surface area contributed by atoms with Crippen molar-refractivity contribution in [3.8, 4) is 0 Å². The summed E-state index contributed by atoms with van der Waals surface area (Å²) >= 11 is 0. The maximum Gasteiger partial charge on any atom is 0.244 e. The van der Waals surface area contributed by atoms with E-state index >= 15 is 0 Å². The van der Waals surface area contributed by atoms with Gasteiger partial charge in [0.1, 0.15) is 10.7 Å². The van der Waals surface area contributed by atoms with Crippen LogP contribution in [0.1, 0.15) is 25.7 Å². The van der Waals surface area contributed by atoms with Crippen molar-refractivity contribution < 1.29 is 13.5 Å². The molecule has 0 radical (unpaired) electrons. The van der Waals surface area contributed by atoms with E-state index in [1.165, 1.54) is 24.6 Å². The number of pyridine rings is 1. The van der Waals surface area contributed by atoms with Crippen LogP contribution in [0.4, 0.5) is 5.82 Å². The molecule has 1 aliphatic carbocycles. The molecule has 1 fully saturated rings. The molecule has 7 heteroatoms. The molecule has 118 valence electrons. The Hall–Kier alpha value is -1.18. The second-order valence-corrected chi connectivity index (χ2v) is 7.80. The molecule has 1 aromatic rings. The lowest BCUT2D eigenvalue weighted by atomic mass is 9.85. The molecule has 1 saturated carbocycles. The van der Waals surface area contributed by atoms with Crippen LogP contribution in [0, 0.1) is 5.92 Å². The molecule has 0 bridgehead atoms. The standard InChI is InChI=1S/C14H23N3O3S/c1-17(2)21(19,20)12-7-8-14(15-9-12)16-13-6-4-3-5-11(13)10-18/h7-9,11,13,18H,3-6,10H2,1-2H3,(H,15,16). The molecular formula is C14H23N3O3S. The van der Waals surface area contributed by atoms with Crippen LogP contribution in [0.15, 0.2) is 23.2 Å².